The molecule has 2 aliphatic heterocycles. The molecule has 1 fully saturated rings. The number of allylic oxidation sites excluding steroid dienone is 1. The highest BCUT2D eigenvalue weighted by molar-refractivity contribution is 6.15. The minimum Gasteiger partial charge on any atom is -0.507 e. The third-order valence-corrected chi connectivity index (χ3v) is 6.08. The number of carbonyl (C=O) groups excluding carboxylic acids is 1. The van der Waals surface area contributed by atoms with E-state index in [1.54, 1.807) is 12.1 Å². The molecule has 0 aliphatic carbocycles. The number of aromatic nitrogens is 2. The molecule has 164 valence electrons. The van der Waals surface area contributed by atoms with Crippen LogP contribution in [0.1, 0.15) is 28.5 Å². The molecular weight excluding hydrogens is 412 g/mol. The summed E-state index contributed by atoms with van der Waals surface area (Å²) >= 11 is 0. The Morgan fingerprint density at radius 3 is 2.88 bits per heavy atom. The van der Waals surface area contributed by atoms with Gasteiger partial charge in [0, 0.05) is 43.7 Å². The van der Waals surface area contributed by atoms with Gasteiger partial charge in [0.2, 0.25) is 5.78 Å². The molecule has 1 amide bonds. The van der Waals surface area contributed by atoms with E-state index >= 15 is 0 Å². The van der Waals surface area contributed by atoms with Gasteiger partial charge in [0.05, 0.1) is 22.3 Å². The van der Waals surface area contributed by atoms with Crippen LogP contribution in [0.3, 0.4) is 0 Å². The fraction of sp³-hybridized carbons (Fsp3) is 0.261. The lowest BCUT2D eigenvalue weighted by Crippen LogP contribution is -2.52. The third-order valence-electron chi connectivity index (χ3n) is 6.08. The number of fused-ring (bicyclic) bond motifs is 2. The minimum atomic E-state index is -0.936. The van der Waals surface area contributed by atoms with Crippen molar-refractivity contribution in [3.8, 4) is 11.5 Å². The van der Waals surface area contributed by atoms with E-state index in [1.165, 1.54) is 11.0 Å². The smallest absolute Gasteiger partial charge is 0.407 e. The van der Waals surface area contributed by atoms with E-state index in [1.807, 2.05) is 31.2 Å². The first-order valence-corrected chi connectivity index (χ1v) is 10.4. The predicted molar refractivity (Wildman–Crippen MR) is 117 cm³/mol. The van der Waals surface area contributed by atoms with Crippen LogP contribution in [-0.2, 0) is 6.54 Å². The molecule has 0 radical (unpaired) electrons. The van der Waals surface area contributed by atoms with E-state index in [9.17, 15) is 19.8 Å². The van der Waals surface area contributed by atoms with E-state index in [0.29, 0.717) is 48.7 Å². The Kier molecular flexibility index (Phi) is 4.82. The summed E-state index contributed by atoms with van der Waals surface area (Å²) in [5, 5.41) is 27.9. The molecule has 1 saturated heterocycles. The number of phenols is 1. The van der Waals surface area contributed by atoms with Gasteiger partial charge >= 0.3 is 6.09 Å². The van der Waals surface area contributed by atoms with Crippen LogP contribution in [0.25, 0.3) is 17.0 Å². The van der Waals surface area contributed by atoms with Gasteiger partial charge in [0.25, 0.3) is 0 Å². The maximum absolute atomic E-state index is 13.0. The van der Waals surface area contributed by atoms with E-state index < -0.39 is 6.09 Å². The van der Waals surface area contributed by atoms with E-state index in [0.717, 1.165) is 10.9 Å². The number of H-pyrrole nitrogens is 1. The van der Waals surface area contributed by atoms with Crippen LogP contribution in [-0.4, -0.2) is 67.8 Å². The van der Waals surface area contributed by atoms with Crippen molar-refractivity contribution in [1.29, 1.82) is 0 Å². The average molecular weight is 434 g/mol. The van der Waals surface area contributed by atoms with Gasteiger partial charge in [-0.2, -0.15) is 5.10 Å². The highest BCUT2D eigenvalue weighted by Crippen LogP contribution is 2.40. The van der Waals surface area contributed by atoms with Gasteiger partial charge in [-0.1, -0.05) is 18.2 Å². The number of nitrogens with one attached hydrogen (secondary N) is 1. The fourth-order valence-electron chi connectivity index (χ4n) is 4.28. The number of hydrogen-bond acceptors (Lipinski definition) is 6. The molecule has 0 spiro atoms. The van der Waals surface area contributed by atoms with Crippen LogP contribution in [0.4, 0.5) is 4.79 Å². The molecule has 0 saturated carbocycles. The summed E-state index contributed by atoms with van der Waals surface area (Å²) in [5.74, 6) is 0.259. The van der Waals surface area contributed by atoms with Crippen molar-refractivity contribution in [2.45, 2.75) is 19.5 Å². The van der Waals surface area contributed by atoms with Crippen molar-refractivity contribution in [3.63, 3.8) is 0 Å². The van der Waals surface area contributed by atoms with Gasteiger partial charge < -0.3 is 19.8 Å². The normalized spacial score (nSPS) is 20.0. The molecule has 3 aromatic rings. The number of nitrogens with zero attached hydrogens (tertiary/aromatic N) is 3. The first-order chi connectivity index (χ1) is 15.4. The molecule has 0 bridgehead atoms. The summed E-state index contributed by atoms with van der Waals surface area (Å²) in [6, 6.07) is 10.6. The van der Waals surface area contributed by atoms with E-state index in [4.69, 9.17) is 4.74 Å². The summed E-state index contributed by atoms with van der Waals surface area (Å²) < 4.78 is 5.96. The number of piperazine rings is 1. The van der Waals surface area contributed by atoms with Crippen molar-refractivity contribution in [2.75, 3.05) is 19.6 Å². The van der Waals surface area contributed by atoms with E-state index in [2.05, 4.69) is 15.1 Å². The van der Waals surface area contributed by atoms with Crippen LogP contribution in [0.5, 0.6) is 11.5 Å². The summed E-state index contributed by atoms with van der Waals surface area (Å²) in [6.07, 6.45) is 0.672. The van der Waals surface area contributed by atoms with Crippen molar-refractivity contribution < 1.29 is 24.5 Å². The summed E-state index contributed by atoms with van der Waals surface area (Å²) in [6.45, 7) is 3.56. The van der Waals surface area contributed by atoms with Crippen LogP contribution in [0, 0.1) is 0 Å². The Bertz CT molecular complexity index is 1260. The number of ketones is 1. The molecule has 1 aromatic heterocycles. The van der Waals surface area contributed by atoms with Crippen molar-refractivity contribution in [2.24, 2.45) is 0 Å². The molecule has 1 atom stereocenters. The number of hydrogen-bond donors (Lipinski definition) is 3. The van der Waals surface area contributed by atoms with Crippen LogP contribution in [0.15, 0.2) is 42.2 Å². The number of aromatic hydroxyl groups is 1. The Labute approximate surface area is 183 Å². The van der Waals surface area contributed by atoms with Gasteiger partial charge in [-0.05, 0) is 25.1 Å². The molecule has 1 unspecified atom stereocenters. The number of para-hydroxylation sites is 1. The number of benzene rings is 2. The maximum Gasteiger partial charge on any atom is 0.407 e. The second-order valence-corrected chi connectivity index (χ2v) is 8.08. The zero-order valence-corrected chi connectivity index (χ0v) is 17.4. The van der Waals surface area contributed by atoms with Crippen molar-refractivity contribution >= 4 is 28.9 Å². The molecule has 32 heavy (non-hydrogen) atoms. The molecule has 3 heterocycles. The monoisotopic (exact) mass is 434 g/mol. The SMILES string of the molecule is CC1CN(C(=O)O)CCN1Cc1c(O)ccc2c1O/C(=C\c1n[nH]c3ccccc13)C2=O. The zero-order chi connectivity index (χ0) is 22.4. The molecule has 9 heteroatoms. The first kappa shape index (κ1) is 20.1. The zero-order valence-electron chi connectivity index (χ0n) is 17.4. The average Bonchev–Trinajstić information content (AvgIpc) is 3.33. The van der Waals surface area contributed by atoms with Gasteiger partial charge in [0.15, 0.2) is 5.76 Å². The number of carboxylic acid groups (broad SMARTS) is 1. The highest BCUT2D eigenvalue weighted by atomic mass is 16.5. The van der Waals surface area contributed by atoms with Gasteiger partial charge in [-0.3, -0.25) is 14.8 Å². The van der Waals surface area contributed by atoms with Gasteiger partial charge in [0.1, 0.15) is 11.5 Å². The Morgan fingerprint density at radius 2 is 2.09 bits per heavy atom. The molecule has 2 aromatic carbocycles. The number of rotatable bonds is 3. The molecule has 5 rings (SSSR count). The molecule has 3 N–H and O–H groups in total. The lowest BCUT2D eigenvalue weighted by Gasteiger charge is -2.38. The summed E-state index contributed by atoms with van der Waals surface area (Å²) in [4.78, 5) is 27.7. The minimum absolute atomic E-state index is 0.0379. The Morgan fingerprint density at radius 1 is 1.28 bits per heavy atom. The quantitative estimate of drug-likeness (QED) is 0.542. The fourth-order valence-corrected chi connectivity index (χ4v) is 4.28. The third kappa shape index (κ3) is 3.36. The molecule has 2 aliphatic rings. The van der Waals surface area contributed by atoms with Gasteiger partial charge in [-0.25, -0.2) is 4.79 Å². The second-order valence-electron chi connectivity index (χ2n) is 8.08. The summed E-state index contributed by atoms with van der Waals surface area (Å²) in [7, 11) is 0. The largest absolute Gasteiger partial charge is 0.507 e. The van der Waals surface area contributed by atoms with E-state index in [-0.39, 0.29) is 23.3 Å². The van der Waals surface area contributed by atoms with Gasteiger partial charge in [-0.15, -0.1) is 0 Å². The molecule has 9 nitrogen and oxygen atoms in total. The number of amides is 1. The summed E-state index contributed by atoms with van der Waals surface area (Å²) in [5.41, 5.74) is 2.36. The lowest BCUT2D eigenvalue weighted by atomic mass is 10.0. The standard InChI is InChI=1S/C23H22N4O5/c1-13-11-27(23(30)31)9-8-26(13)12-16-19(28)7-6-15-21(29)20(32-22(15)16)10-18-14-4-2-3-5-17(14)24-25-18/h2-7,10,13,28H,8-9,11-12H2,1H3,(H,24,25)(H,30,31)/b20-10-. The van der Waals surface area contributed by atoms with Crippen molar-refractivity contribution in [3.05, 3.63) is 59.0 Å². The number of Topliss-reactive ketones (excluding diaryl/α,β-unsaturated/α-hetero) is 1. The van der Waals surface area contributed by atoms with Crippen LogP contribution >= 0.6 is 0 Å². The second kappa shape index (κ2) is 7.69. The number of ether oxygens (including phenoxy) is 1. The molecular formula is C23H22N4O5. The van der Waals surface area contributed by atoms with Crippen LogP contribution in [0.2, 0.25) is 0 Å². The first-order valence-electron chi connectivity index (χ1n) is 10.4. The Hall–Kier alpha value is -3.85. The predicted octanol–water partition coefficient (Wildman–Crippen LogP) is 3.07. The Balaban J connectivity index is 1.44. The number of phenolic OH excluding ortho intramolecular Hbond substituents is 1. The maximum atomic E-state index is 13.0. The van der Waals surface area contributed by atoms with Crippen molar-refractivity contribution in [1.82, 2.24) is 20.0 Å². The van der Waals surface area contributed by atoms with Crippen LogP contribution < -0.4 is 4.74 Å². The lowest BCUT2D eigenvalue weighted by molar-refractivity contribution is 0.0704. The number of carbonyl (C=O) groups is 2. The highest BCUT2D eigenvalue weighted by Gasteiger charge is 2.34. The topological polar surface area (TPSA) is 119 Å². The number of aromatic amines is 1.